The number of benzene rings is 1. The minimum Gasteiger partial charge on any atom is -0.506 e. The fourth-order valence-corrected chi connectivity index (χ4v) is 1.31. The lowest BCUT2D eigenvalue weighted by molar-refractivity contribution is -0.384. The van der Waals surface area contributed by atoms with E-state index in [1.54, 1.807) is 0 Å². The number of amides is 1. The average Bonchev–Trinajstić information content (AvgIpc) is 2.32. The molecule has 0 saturated carbocycles. The van der Waals surface area contributed by atoms with Crippen LogP contribution in [0.4, 0.5) is 11.4 Å². The van der Waals surface area contributed by atoms with E-state index >= 15 is 0 Å². The Hall–Kier alpha value is -2.15. The molecule has 7 heteroatoms. The minimum atomic E-state index is -0.593. The molecule has 0 atom stereocenters. The van der Waals surface area contributed by atoms with E-state index in [-0.39, 0.29) is 29.6 Å². The Morgan fingerprint density at radius 3 is 2.83 bits per heavy atom. The van der Waals surface area contributed by atoms with Crippen molar-refractivity contribution in [2.75, 3.05) is 18.4 Å². The summed E-state index contributed by atoms with van der Waals surface area (Å²) in [5.41, 5.74) is -0.155. The van der Waals surface area contributed by atoms with Gasteiger partial charge in [0, 0.05) is 12.1 Å². The first-order chi connectivity index (χ1) is 8.54. The van der Waals surface area contributed by atoms with Crippen molar-refractivity contribution in [3.63, 3.8) is 0 Å². The Labute approximate surface area is 104 Å². The first kappa shape index (κ1) is 13.9. The quantitative estimate of drug-likeness (QED) is 0.306. The van der Waals surface area contributed by atoms with E-state index in [1.807, 2.05) is 6.92 Å². The third-order valence-electron chi connectivity index (χ3n) is 2.18. The number of carbonyl (C=O) groups excluding carboxylic acids is 1. The number of carbonyl (C=O) groups is 1. The zero-order chi connectivity index (χ0) is 13.5. The van der Waals surface area contributed by atoms with Crippen LogP contribution in [0, 0.1) is 10.1 Å². The molecule has 0 unspecified atom stereocenters. The van der Waals surface area contributed by atoms with E-state index in [2.05, 4.69) is 10.6 Å². The van der Waals surface area contributed by atoms with Gasteiger partial charge in [0.15, 0.2) is 0 Å². The highest BCUT2D eigenvalue weighted by Gasteiger charge is 2.12. The minimum absolute atomic E-state index is 0.0347. The monoisotopic (exact) mass is 253 g/mol. The standard InChI is InChI=1S/C11H15N3O4/c1-2-5-12-7-11(16)13-9-6-8(14(17)18)3-4-10(9)15/h3-4,6,12,15H,2,5,7H2,1H3,(H,13,16). The van der Waals surface area contributed by atoms with Crippen LogP contribution in [0.3, 0.4) is 0 Å². The Morgan fingerprint density at radius 2 is 2.22 bits per heavy atom. The number of nitro groups is 1. The fraction of sp³-hybridized carbons (Fsp3) is 0.364. The van der Waals surface area contributed by atoms with Crippen molar-refractivity contribution in [2.24, 2.45) is 0 Å². The van der Waals surface area contributed by atoms with Gasteiger partial charge in [0.25, 0.3) is 5.69 Å². The van der Waals surface area contributed by atoms with Gasteiger partial charge in [-0.25, -0.2) is 0 Å². The van der Waals surface area contributed by atoms with Gasteiger partial charge in [-0.15, -0.1) is 0 Å². The van der Waals surface area contributed by atoms with Crippen molar-refractivity contribution in [3.8, 4) is 5.75 Å². The Bertz CT molecular complexity index is 448. The van der Waals surface area contributed by atoms with Gasteiger partial charge >= 0.3 is 0 Å². The largest absolute Gasteiger partial charge is 0.506 e. The van der Waals surface area contributed by atoms with Gasteiger partial charge in [0.2, 0.25) is 5.91 Å². The van der Waals surface area contributed by atoms with E-state index in [0.717, 1.165) is 12.5 Å². The molecule has 0 spiro atoms. The topological polar surface area (TPSA) is 104 Å². The summed E-state index contributed by atoms with van der Waals surface area (Å²) in [7, 11) is 0. The molecule has 1 rings (SSSR count). The number of phenolic OH excluding ortho intramolecular Hbond substituents is 1. The molecule has 1 aromatic carbocycles. The molecular formula is C11H15N3O4. The van der Waals surface area contributed by atoms with Crippen LogP contribution in [0.5, 0.6) is 5.75 Å². The van der Waals surface area contributed by atoms with Gasteiger partial charge in [-0.05, 0) is 19.0 Å². The number of hydrogen-bond donors (Lipinski definition) is 3. The summed E-state index contributed by atoms with van der Waals surface area (Å²) in [5.74, 6) is -0.566. The van der Waals surface area contributed by atoms with Gasteiger partial charge in [0.05, 0.1) is 17.2 Å². The molecule has 0 radical (unpaired) electrons. The lowest BCUT2D eigenvalue weighted by Gasteiger charge is -2.07. The summed E-state index contributed by atoms with van der Waals surface area (Å²) < 4.78 is 0. The number of hydrogen-bond acceptors (Lipinski definition) is 5. The zero-order valence-electron chi connectivity index (χ0n) is 9.97. The molecule has 7 nitrogen and oxygen atoms in total. The van der Waals surface area contributed by atoms with Crippen molar-refractivity contribution in [1.29, 1.82) is 0 Å². The van der Waals surface area contributed by atoms with Crippen LogP contribution in [0.25, 0.3) is 0 Å². The number of phenols is 1. The molecule has 98 valence electrons. The molecule has 0 heterocycles. The van der Waals surface area contributed by atoms with Crippen LogP contribution in [-0.4, -0.2) is 29.0 Å². The number of nitro benzene ring substituents is 1. The summed E-state index contributed by atoms with van der Waals surface area (Å²) >= 11 is 0. The first-order valence-electron chi connectivity index (χ1n) is 5.52. The maximum atomic E-state index is 11.5. The second-order valence-electron chi connectivity index (χ2n) is 3.68. The number of anilines is 1. The zero-order valence-corrected chi connectivity index (χ0v) is 9.97. The number of rotatable bonds is 6. The molecule has 0 aliphatic carbocycles. The molecule has 3 N–H and O–H groups in total. The lowest BCUT2D eigenvalue weighted by Crippen LogP contribution is -2.28. The average molecular weight is 253 g/mol. The highest BCUT2D eigenvalue weighted by molar-refractivity contribution is 5.94. The Morgan fingerprint density at radius 1 is 1.50 bits per heavy atom. The van der Waals surface area contributed by atoms with Gasteiger partial charge in [-0.1, -0.05) is 6.92 Å². The van der Waals surface area contributed by atoms with Crippen LogP contribution < -0.4 is 10.6 Å². The summed E-state index contributed by atoms with van der Waals surface area (Å²) in [5, 5.41) is 25.3. The van der Waals surface area contributed by atoms with Gasteiger partial charge in [0.1, 0.15) is 5.75 Å². The second kappa shape index (κ2) is 6.55. The molecule has 18 heavy (non-hydrogen) atoms. The summed E-state index contributed by atoms with van der Waals surface area (Å²) in [4.78, 5) is 21.4. The SMILES string of the molecule is CCCNCC(=O)Nc1cc([N+](=O)[O-])ccc1O. The molecule has 0 aliphatic rings. The van der Waals surface area contributed by atoms with Crippen LogP contribution in [-0.2, 0) is 4.79 Å². The van der Waals surface area contributed by atoms with Crippen molar-refractivity contribution in [1.82, 2.24) is 5.32 Å². The summed E-state index contributed by atoms with van der Waals surface area (Å²) in [6, 6.07) is 3.46. The Kier molecular flexibility index (Phi) is 5.06. The van der Waals surface area contributed by atoms with Crippen LogP contribution in [0.2, 0.25) is 0 Å². The highest BCUT2D eigenvalue weighted by Crippen LogP contribution is 2.27. The van der Waals surface area contributed by atoms with Gasteiger partial charge < -0.3 is 15.7 Å². The molecule has 0 bridgehead atoms. The highest BCUT2D eigenvalue weighted by atomic mass is 16.6. The predicted octanol–water partition coefficient (Wildman–Crippen LogP) is 1.24. The number of nitrogens with zero attached hydrogens (tertiary/aromatic N) is 1. The lowest BCUT2D eigenvalue weighted by atomic mass is 10.2. The third-order valence-corrected chi connectivity index (χ3v) is 2.18. The van der Waals surface area contributed by atoms with Crippen LogP contribution in [0.1, 0.15) is 13.3 Å². The van der Waals surface area contributed by atoms with E-state index in [9.17, 15) is 20.0 Å². The molecule has 1 amide bonds. The predicted molar refractivity (Wildman–Crippen MR) is 66.6 cm³/mol. The smallest absolute Gasteiger partial charge is 0.271 e. The summed E-state index contributed by atoms with van der Waals surface area (Å²) in [6.45, 7) is 2.77. The summed E-state index contributed by atoms with van der Waals surface area (Å²) in [6.07, 6.45) is 0.898. The first-order valence-corrected chi connectivity index (χ1v) is 5.52. The molecule has 0 aliphatic heterocycles. The van der Waals surface area contributed by atoms with E-state index in [0.29, 0.717) is 6.54 Å². The number of aromatic hydroxyl groups is 1. The van der Waals surface area contributed by atoms with E-state index < -0.39 is 4.92 Å². The van der Waals surface area contributed by atoms with Gasteiger partial charge in [-0.3, -0.25) is 14.9 Å². The third kappa shape index (κ3) is 4.02. The normalized spacial score (nSPS) is 10.1. The molecule has 0 fully saturated rings. The van der Waals surface area contributed by atoms with E-state index in [4.69, 9.17) is 0 Å². The van der Waals surface area contributed by atoms with E-state index in [1.165, 1.54) is 12.1 Å². The maximum Gasteiger partial charge on any atom is 0.271 e. The van der Waals surface area contributed by atoms with Crippen LogP contribution >= 0.6 is 0 Å². The molecule has 0 aromatic heterocycles. The van der Waals surface area contributed by atoms with Gasteiger partial charge in [-0.2, -0.15) is 0 Å². The Balaban J connectivity index is 2.68. The maximum absolute atomic E-state index is 11.5. The van der Waals surface area contributed by atoms with Crippen molar-refractivity contribution in [3.05, 3.63) is 28.3 Å². The fourth-order valence-electron chi connectivity index (χ4n) is 1.31. The van der Waals surface area contributed by atoms with Crippen molar-refractivity contribution < 1.29 is 14.8 Å². The number of nitrogens with one attached hydrogen (secondary N) is 2. The molecular weight excluding hydrogens is 238 g/mol. The van der Waals surface area contributed by atoms with Crippen molar-refractivity contribution >= 4 is 17.3 Å². The van der Waals surface area contributed by atoms with Crippen LogP contribution in [0.15, 0.2) is 18.2 Å². The number of non-ortho nitro benzene ring substituents is 1. The molecule has 0 saturated heterocycles. The van der Waals surface area contributed by atoms with Crippen molar-refractivity contribution in [2.45, 2.75) is 13.3 Å². The second-order valence-corrected chi connectivity index (χ2v) is 3.68. The molecule has 1 aromatic rings.